The monoisotopic (exact) mass is 483 g/mol. The molecule has 2 amide bonds. The lowest BCUT2D eigenvalue weighted by Gasteiger charge is -2.30. The van der Waals surface area contributed by atoms with Crippen molar-refractivity contribution in [2.75, 3.05) is 29.3 Å². The number of amides is 2. The van der Waals surface area contributed by atoms with E-state index >= 15 is 0 Å². The number of piperidine rings is 1. The smallest absolute Gasteiger partial charge is 0.261 e. The van der Waals surface area contributed by atoms with Crippen LogP contribution in [0.25, 0.3) is 0 Å². The van der Waals surface area contributed by atoms with Gasteiger partial charge in [0.1, 0.15) is 0 Å². The summed E-state index contributed by atoms with van der Waals surface area (Å²) in [5.41, 5.74) is 4.02. The number of aryl methyl sites for hydroxylation is 1. The van der Waals surface area contributed by atoms with Crippen molar-refractivity contribution >= 4 is 33.2 Å². The second kappa shape index (κ2) is 9.78. The standard InChI is InChI=1S/C26H33N3O4S/c1-18-11-14-28(15-12-18)25(30)9-10-26(31)29-16-13-21-17-22(7-8-24(21)29)34(32,33)27-23-6-4-5-19(2)20(23)3/h4-8,17-18,27H,9-16H2,1-3H3. The number of anilines is 2. The second-order valence-corrected chi connectivity index (χ2v) is 11.2. The van der Waals surface area contributed by atoms with Gasteiger partial charge < -0.3 is 9.80 Å². The van der Waals surface area contributed by atoms with E-state index in [9.17, 15) is 18.0 Å². The Hall–Kier alpha value is -2.87. The lowest BCUT2D eigenvalue weighted by atomic mass is 9.99. The lowest BCUT2D eigenvalue weighted by molar-refractivity contribution is -0.134. The number of benzene rings is 2. The number of rotatable bonds is 6. The number of nitrogens with zero attached hydrogens (tertiary/aromatic N) is 2. The molecule has 34 heavy (non-hydrogen) atoms. The molecule has 0 spiro atoms. The average molecular weight is 484 g/mol. The number of nitrogens with one attached hydrogen (secondary N) is 1. The average Bonchev–Trinajstić information content (AvgIpc) is 3.24. The Morgan fingerprint density at radius 1 is 1.00 bits per heavy atom. The van der Waals surface area contributed by atoms with E-state index in [1.54, 1.807) is 23.1 Å². The van der Waals surface area contributed by atoms with Crippen molar-refractivity contribution in [3.8, 4) is 0 Å². The third-order valence-corrected chi connectivity index (χ3v) is 8.46. The summed E-state index contributed by atoms with van der Waals surface area (Å²) in [7, 11) is -3.75. The number of sulfonamides is 1. The normalized spacial score (nSPS) is 16.4. The van der Waals surface area contributed by atoms with Crippen molar-refractivity contribution in [3.05, 3.63) is 53.1 Å². The minimum Gasteiger partial charge on any atom is -0.343 e. The molecule has 0 aliphatic carbocycles. The largest absolute Gasteiger partial charge is 0.343 e. The summed E-state index contributed by atoms with van der Waals surface area (Å²) in [5.74, 6) is 0.594. The fourth-order valence-corrected chi connectivity index (χ4v) is 5.81. The molecule has 0 radical (unpaired) electrons. The van der Waals surface area contributed by atoms with E-state index in [2.05, 4.69) is 11.6 Å². The Morgan fingerprint density at radius 3 is 2.44 bits per heavy atom. The van der Waals surface area contributed by atoms with Crippen LogP contribution in [-0.2, 0) is 26.0 Å². The number of fused-ring (bicyclic) bond motifs is 1. The molecule has 2 aliphatic rings. The van der Waals surface area contributed by atoms with E-state index in [4.69, 9.17) is 0 Å². The first-order valence-corrected chi connectivity index (χ1v) is 13.4. The minimum atomic E-state index is -3.75. The molecule has 1 fully saturated rings. The molecular weight excluding hydrogens is 450 g/mol. The van der Waals surface area contributed by atoms with Crippen molar-refractivity contribution in [2.45, 2.75) is 57.8 Å². The van der Waals surface area contributed by atoms with Gasteiger partial charge in [0.05, 0.1) is 10.6 Å². The Kier molecular flexibility index (Phi) is 6.98. The molecule has 4 rings (SSSR count). The van der Waals surface area contributed by atoms with Crippen LogP contribution >= 0.6 is 0 Å². The summed E-state index contributed by atoms with van der Waals surface area (Å²) in [6.45, 7) is 8.07. The number of hydrogen-bond donors (Lipinski definition) is 1. The van der Waals surface area contributed by atoms with Crippen LogP contribution in [0.15, 0.2) is 41.3 Å². The van der Waals surface area contributed by atoms with Crippen LogP contribution in [0.4, 0.5) is 11.4 Å². The van der Waals surface area contributed by atoms with Crippen molar-refractivity contribution in [1.29, 1.82) is 0 Å². The summed E-state index contributed by atoms with van der Waals surface area (Å²) in [6, 6.07) is 10.4. The Balaban J connectivity index is 1.41. The Bertz CT molecular complexity index is 1200. The van der Waals surface area contributed by atoms with Gasteiger partial charge in [-0.2, -0.15) is 0 Å². The van der Waals surface area contributed by atoms with Crippen molar-refractivity contribution in [3.63, 3.8) is 0 Å². The fraction of sp³-hybridized carbons (Fsp3) is 0.462. The Labute approximate surface area is 202 Å². The van der Waals surface area contributed by atoms with Crippen LogP contribution in [-0.4, -0.2) is 44.8 Å². The van der Waals surface area contributed by atoms with Gasteiger partial charge in [-0.3, -0.25) is 14.3 Å². The highest BCUT2D eigenvalue weighted by molar-refractivity contribution is 7.92. The molecule has 1 N–H and O–H groups in total. The van der Waals surface area contributed by atoms with Gasteiger partial charge in [0.25, 0.3) is 10.0 Å². The highest BCUT2D eigenvalue weighted by Gasteiger charge is 2.28. The summed E-state index contributed by atoms with van der Waals surface area (Å²) < 4.78 is 28.7. The maximum atomic E-state index is 13.0. The first-order chi connectivity index (χ1) is 16.2. The second-order valence-electron chi connectivity index (χ2n) is 9.50. The van der Waals surface area contributed by atoms with E-state index in [0.29, 0.717) is 24.6 Å². The highest BCUT2D eigenvalue weighted by atomic mass is 32.2. The maximum Gasteiger partial charge on any atom is 0.261 e. The third-order valence-electron chi connectivity index (χ3n) is 7.10. The van der Waals surface area contributed by atoms with Gasteiger partial charge in [-0.25, -0.2) is 8.42 Å². The lowest BCUT2D eigenvalue weighted by Crippen LogP contribution is -2.38. The molecule has 2 aromatic rings. The molecule has 0 unspecified atom stereocenters. The van der Waals surface area contributed by atoms with E-state index < -0.39 is 10.0 Å². The van der Waals surface area contributed by atoms with Crippen LogP contribution in [0, 0.1) is 19.8 Å². The zero-order chi connectivity index (χ0) is 24.5. The molecule has 0 saturated carbocycles. The first-order valence-electron chi connectivity index (χ1n) is 12.0. The summed E-state index contributed by atoms with van der Waals surface area (Å²) in [4.78, 5) is 29.1. The minimum absolute atomic E-state index is 0.0404. The molecule has 1 saturated heterocycles. The third kappa shape index (κ3) is 5.12. The molecule has 2 heterocycles. The molecule has 0 bridgehead atoms. The van der Waals surface area contributed by atoms with Crippen LogP contribution in [0.2, 0.25) is 0 Å². The summed E-state index contributed by atoms with van der Waals surface area (Å²) in [6.07, 6.45) is 3.00. The Morgan fingerprint density at radius 2 is 1.71 bits per heavy atom. The predicted octanol–water partition coefficient (Wildman–Crippen LogP) is 4.03. The van der Waals surface area contributed by atoms with Crippen molar-refractivity contribution in [2.24, 2.45) is 5.92 Å². The number of carbonyl (C=O) groups excluding carboxylic acids is 2. The van der Waals surface area contributed by atoms with Crippen LogP contribution < -0.4 is 9.62 Å². The van der Waals surface area contributed by atoms with Gasteiger partial charge in [0.2, 0.25) is 11.8 Å². The van der Waals surface area contributed by atoms with Gasteiger partial charge in [0.15, 0.2) is 0 Å². The molecular formula is C26H33N3O4S. The number of hydrogen-bond acceptors (Lipinski definition) is 4. The van der Waals surface area contributed by atoms with Gasteiger partial charge >= 0.3 is 0 Å². The SMILES string of the molecule is Cc1cccc(NS(=O)(=O)c2ccc3c(c2)CCN3C(=O)CCC(=O)N2CCC(C)CC2)c1C. The van der Waals surface area contributed by atoms with E-state index in [1.807, 2.05) is 30.9 Å². The quantitative estimate of drug-likeness (QED) is 0.672. The van der Waals surface area contributed by atoms with Crippen LogP contribution in [0.3, 0.4) is 0 Å². The molecule has 8 heteroatoms. The van der Waals surface area contributed by atoms with Gasteiger partial charge in [-0.1, -0.05) is 19.1 Å². The summed E-state index contributed by atoms with van der Waals surface area (Å²) in [5, 5.41) is 0. The zero-order valence-corrected chi connectivity index (χ0v) is 21.0. The van der Waals surface area contributed by atoms with Crippen LogP contribution in [0.1, 0.15) is 49.3 Å². The van der Waals surface area contributed by atoms with Crippen molar-refractivity contribution < 1.29 is 18.0 Å². The van der Waals surface area contributed by atoms with E-state index in [1.165, 1.54) is 6.07 Å². The summed E-state index contributed by atoms with van der Waals surface area (Å²) >= 11 is 0. The number of carbonyl (C=O) groups is 2. The van der Waals surface area contributed by atoms with Gasteiger partial charge in [-0.05, 0) is 80.0 Å². The van der Waals surface area contributed by atoms with E-state index in [-0.39, 0.29) is 29.6 Å². The molecule has 2 aromatic carbocycles. The fourth-order valence-electron chi connectivity index (χ4n) is 4.63. The predicted molar refractivity (Wildman–Crippen MR) is 133 cm³/mol. The highest BCUT2D eigenvalue weighted by Crippen LogP contribution is 2.32. The van der Waals surface area contributed by atoms with Crippen LogP contribution in [0.5, 0.6) is 0 Å². The van der Waals surface area contributed by atoms with Crippen molar-refractivity contribution in [1.82, 2.24) is 4.90 Å². The molecule has 0 atom stereocenters. The van der Waals surface area contributed by atoms with Gasteiger partial charge in [-0.15, -0.1) is 0 Å². The maximum absolute atomic E-state index is 13.0. The molecule has 7 nitrogen and oxygen atoms in total. The molecule has 2 aliphatic heterocycles. The topological polar surface area (TPSA) is 86.8 Å². The zero-order valence-electron chi connectivity index (χ0n) is 20.1. The molecule has 182 valence electrons. The first kappa shape index (κ1) is 24.3. The number of likely N-dealkylation sites (tertiary alicyclic amines) is 1. The molecule has 0 aromatic heterocycles. The van der Waals surface area contributed by atoms with Gasteiger partial charge in [0, 0.05) is 38.2 Å². The van der Waals surface area contributed by atoms with E-state index in [0.717, 1.165) is 48.3 Å².